The van der Waals surface area contributed by atoms with E-state index in [2.05, 4.69) is 6.58 Å². The Morgan fingerprint density at radius 1 is 1.34 bits per heavy atom. The van der Waals surface area contributed by atoms with Crippen LogP contribution in [-0.2, 0) is 19.1 Å². The predicted molar refractivity (Wildman–Crippen MR) is 137 cm³/mol. The summed E-state index contributed by atoms with van der Waals surface area (Å²) >= 11 is 1.65. The number of aliphatic hydroxyl groups excluding tert-OH is 1. The van der Waals surface area contributed by atoms with Crippen molar-refractivity contribution in [3.05, 3.63) is 42.0 Å². The van der Waals surface area contributed by atoms with Gasteiger partial charge in [-0.2, -0.15) is 0 Å². The minimum atomic E-state index is -0.673. The van der Waals surface area contributed by atoms with Crippen LogP contribution in [-0.4, -0.2) is 70.1 Å². The number of aliphatic hydroxyl groups is 1. The van der Waals surface area contributed by atoms with Crippen LogP contribution in [0.25, 0.3) is 0 Å². The Labute approximate surface area is 211 Å². The second-order valence-corrected chi connectivity index (χ2v) is 11.4. The zero-order valence-electron chi connectivity index (χ0n) is 20.9. The molecule has 35 heavy (non-hydrogen) atoms. The lowest BCUT2D eigenvalue weighted by Gasteiger charge is -2.37. The van der Waals surface area contributed by atoms with Crippen LogP contribution in [0.3, 0.4) is 0 Å². The number of anilines is 1. The van der Waals surface area contributed by atoms with Gasteiger partial charge in [0.05, 0.1) is 23.2 Å². The minimum absolute atomic E-state index is 0.00791. The van der Waals surface area contributed by atoms with Gasteiger partial charge in [0, 0.05) is 30.6 Å². The molecule has 1 aromatic rings. The molecule has 1 N–H and O–H groups in total. The molecule has 0 aromatic heterocycles. The lowest BCUT2D eigenvalue weighted by Crippen LogP contribution is -2.55. The number of fused-ring (bicyclic) bond motifs is 1. The number of benzene rings is 1. The van der Waals surface area contributed by atoms with Crippen LogP contribution >= 0.6 is 11.8 Å². The van der Waals surface area contributed by atoms with E-state index < -0.39 is 22.6 Å². The first-order valence-electron chi connectivity index (χ1n) is 12.6. The highest BCUT2D eigenvalue weighted by Gasteiger charge is 2.74. The zero-order valence-corrected chi connectivity index (χ0v) is 21.7. The van der Waals surface area contributed by atoms with E-state index in [0.29, 0.717) is 25.9 Å². The molecule has 4 rings (SSSR count). The topological polar surface area (TPSA) is 87.2 Å². The molecule has 190 valence electrons. The largest absolute Gasteiger partial charge is 0.466 e. The Bertz CT molecular complexity index is 1010. The first-order valence-corrected chi connectivity index (χ1v) is 13.4. The summed E-state index contributed by atoms with van der Waals surface area (Å²) in [4.78, 5) is 44.7. The molecule has 1 spiro atoms. The highest BCUT2D eigenvalue weighted by molar-refractivity contribution is 8.02. The van der Waals surface area contributed by atoms with Crippen LogP contribution in [0.2, 0.25) is 0 Å². The maximum atomic E-state index is 14.4. The second kappa shape index (κ2) is 10.3. The molecule has 3 heterocycles. The molecule has 8 heteroatoms. The van der Waals surface area contributed by atoms with Crippen LogP contribution in [0.5, 0.6) is 0 Å². The summed E-state index contributed by atoms with van der Waals surface area (Å²) in [7, 11) is 0. The number of hydrogen-bond acceptors (Lipinski definition) is 6. The van der Waals surface area contributed by atoms with Gasteiger partial charge in [-0.15, -0.1) is 18.3 Å². The van der Waals surface area contributed by atoms with Gasteiger partial charge in [0.1, 0.15) is 6.04 Å². The van der Waals surface area contributed by atoms with E-state index in [1.807, 2.05) is 32.0 Å². The Morgan fingerprint density at radius 3 is 2.80 bits per heavy atom. The number of carbonyl (C=O) groups is 3. The number of amides is 2. The predicted octanol–water partition coefficient (Wildman–Crippen LogP) is 3.25. The van der Waals surface area contributed by atoms with Gasteiger partial charge in [0.2, 0.25) is 5.91 Å². The van der Waals surface area contributed by atoms with Gasteiger partial charge >= 0.3 is 5.97 Å². The lowest BCUT2D eigenvalue weighted by molar-refractivity contribution is -0.153. The van der Waals surface area contributed by atoms with Gasteiger partial charge < -0.3 is 19.6 Å². The van der Waals surface area contributed by atoms with Crippen molar-refractivity contribution in [2.24, 2.45) is 11.8 Å². The Balaban J connectivity index is 1.77. The first-order chi connectivity index (χ1) is 16.8. The minimum Gasteiger partial charge on any atom is -0.466 e. The standard InChI is InChI=1S/C27H36N2O5S/c1-5-13-28(19-16-17(3)9-10-18(19)4)25(32)23-27-12-11-20(35-27)21(26(33)34-6-2)22(27)24(31)29(23)14-7-8-15-30/h5,9-10,16,20-23,30H,1,6-8,11-15H2,2-4H3/t20-,21+,22+,23?,27?/m1/s1. The van der Waals surface area contributed by atoms with Gasteiger partial charge in [-0.25, -0.2) is 0 Å². The fourth-order valence-corrected chi connectivity index (χ4v) is 8.37. The Hall–Kier alpha value is -2.32. The van der Waals surface area contributed by atoms with Crippen molar-refractivity contribution in [3.63, 3.8) is 0 Å². The van der Waals surface area contributed by atoms with Gasteiger partial charge in [-0.3, -0.25) is 14.4 Å². The van der Waals surface area contributed by atoms with Crippen molar-refractivity contribution in [2.45, 2.75) is 62.5 Å². The number of ether oxygens (including phenoxy) is 1. The van der Waals surface area contributed by atoms with Gasteiger partial charge in [0.15, 0.2) is 0 Å². The Morgan fingerprint density at radius 2 is 2.11 bits per heavy atom. The average Bonchev–Trinajstić information content (AvgIpc) is 3.47. The summed E-state index contributed by atoms with van der Waals surface area (Å²) in [5.41, 5.74) is 2.84. The quantitative estimate of drug-likeness (QED) is 0.302. The molecule has 5 atom stereocenters. The van der Waals surface area contributed by atoms with Gasteiger partial charge in [0.25, 0.3) is 5.91 Å². The van der Waals surface area contributed by atoms with Crippen molar-refractivity contribution >= 4 is 35.2 Å². The van der Waals surface area contributed by atoms with E-state index in [4.69, 9.17) is 4.74 Å². The fourth-order valence-electron chi connectivity index (χ4n) is 6.17. The maximum Gasteiger partial charge on any atom is 0.310 e. The van der Waals surface area contributed by atoms with Crippen molar-refractivity contribution in [1.82, 2.24) is 4.90 Å². The number of aryl methyl sites for hydroxylation is 2. The molecule has 3 aliphatic heterocycles. The molecule has 3 aliphatic rings. The van der Waals surface area contributed by atoms with Crippen molar-refractivity contribution in [1.29, 1.82) is 0 Å². The van der Waals surface area contributed by atoms with Crippen LogP contribution in [0.4, 0.5) is 5.69 Å². The number of nitrogens with zero attached hydrogens (tertiary/aromatic N) is 2. The molecule has 2 bridgehead atoms. The number of likely N-dealkylation sites (tertiary alicyclic amines) is 1. The van der Waals surface area contributed by atoms with E-state index in [0.717, 1.165) is 29.7 Å². The van der Waals surface area contributed by atoms with Crippen molar-refractivity contribution < 1.29 is 24.2 Å². The average molecular weight is 501 g/mol. The van der Waals surface area contributed by atoms with E-state index in [-0.39, 0.29) is 36.2 Å². The summed E-state index contributed by atoms with van der Waals surface area (Å²) in [6, 6.07) is 5.34. The maximum absolute atomic E-state index is 14.4. The molecular weight excluding hydrogens is 464 g/mol. The van der Waals surface area contributed by atoms with Crippen LogP contribution in [0.1, 0.15) is 43.7 Å². The molecule has 0 aliphatic carbocycles. The lowest BCUT2D eigenvalue weighted by atomic mass is 9.71. The zero-order chi connectivity index (χ0) is 25.3. The van der Waals surface area contributed by atoms with Gasteiger partial charge in [-0.1, -0.05) is 18.2 Å². The molecule has 7 nitrogen and oxygen atoms in total. The normalized spacial score (nSPS) is 28.8. The van der Waals surface area contributed by atoms with Gasteiger partial charge in [-0.05, 0) is 63.6 Å². The molecule has 0 radical (unpaired) electrons. The number of rotatable bonds is 10. The van der Waals surface area contributed by atoms with E-state index in [9.17, 15) is 19.5 Å². The summed E-state index contributed by atoms with van der Waals surface area (Å²) < 4.78 is 4.73. The van der Waals surface area contributed by atoms with Crippen molar-refractivity contribution in [2.75, 3.05) is 31.2 Å². The molecule has 1 aromatic carbocycles. The van der Waals surface area contributed by atoms with E-state index in [1.54, 1.807) is 34.6 Å². The molecule has 2 unspecified atom stereocenters. The van der Waals surface area contributed by atoms with Crippen molar-refractivity contribution in [3.8, 4) is 0 Å². The molecule has 3 saturated heterocycles. The monoisotopic (exact) mass is 500 g/mol. The smallest absolute Gasteiger partial charge is 0.310 e. The number of unbranched alkanes of at least 4 members (excludes halogenated alkanes) is 1. The molecular formula is C27H36N2O5S. The number of hydrogen-bond donors (Lipinski definition) is 1. The molecule has 3 fully saturated rings. The summed E-state index contributed by atoms with van der Waals surface area (Å²) in [6.45, 7) is 10.6. The summed E-state index contributed by atoms with van der Waals surface area (Å²) in [6.07, 6.45) is 4.36. The summed E-state index contributed by atoms with van der Waals surface area (Å²) in [5, 5.41) is 9.32. The highest BCUT2D eigenvalue weighted by atomic mass is 32.2. The molecule has 2 amide bonds. The van der Waals surface area contributed by atoms with Crippen LogP contribution in [0, 0.1) is 25.7 Å². The number of carbonyl (C=O) groups excluding carboxylic acids is 3. The van der Waals surface area contributed by atoms with E-state index >= 15 is 0 Å². The fraction of sp³-hybridized carbons (Fsp3) is 0.593. The first kappa shape index (κ1) is 25.8. The summed E-state index contributed by atoms with van der Waals surface area (Å²) in [5.74, 6) is -1.67. The second-order valence-electron chi connectivity index (χ2n) is 9.80. The number of esters is 1. The third-order valence-corrected chi connectivity index (χ3v) is 9.58. The number of thioether (sulfide) groups is 1. The Kier molecular flexibility index (Phi) is 7.62. The highest BCUT2D eigenvalue weighted by Crippen LogP contribution is 2.66. The van der Waals surface area contributed by atoms with Crippen LogP contribution < -0.4 is 4.90 Å². The third kappa shape index (κ3) is 4.29. The third-order valence-electron chi connectivity index (χ3n) is 7.63. The molecule has 0 saturated carbocycles. The SMILES string of the molecule is C=CCN(C(=O)C1N(CCCCO)C(=O)[C@@H]2[C@@H](C(=O)OCC)[C@H]3CCC12S3)c1cc(C)ccc1C. The van der Waals surface area contributed by atoms with Crippen LogP contribution in [0.15, 0.2) is 30.9 Å². The van der Waals surface area contributed by atoms with E-state index in [1.165, 1.54) is 0 Å².